The van der Waals surface area contributed by atoms with Gasteiger partial charge in [0.05, 0.1) is 23.8 Å². The largest absolute Gasteiger partial charge is 0.464 e. The molecule has 0 unspecified atom stereocenters. The van der Waals surface area contributed by atoms with Gasteiger partial charge in [-0.15, -0.1) is 0 Å². The number of fused-ring (bicyclic) bond motifs is 1. The van der Waals surface area contributed by atoms with E-state index < -0.39 is 18.0 Å². The molecule has 11 heteroatoms. The quantitative estimate of drug-likeness (QED) is 0.348. The lowest BCUT2D eigenvalue weighted by Gasteiger charge is -2.27. The van der Waals surface area contributed by atoms with Crippen LogP contribution in [-0.4, -0.2) is 44.1 Å². The van der Waals surface area contributed by atoms with E-state index in [9.17, 15) is 9.59 Å². The Morgan fingerprint density at radius 1 is 1.37 bits per heavy atom. The number of carbonyl (C=O) groups is 2. The van der Waals surface area contributed by atoms with E-state index in [0.29, 0.717) is 39.2 Å². The molecule has 0 saturated heterocycles. The van der Waals surface area contributed by atoms with E-state index in [4.69, 9.17) is 9.15 Å². The molecule has 4 rings (SSSR count). The van der Waals surface area contributed by atoms with Gasteiger partial charge in [0.1, 0.15) is 28.9 Å². The molecular weight excluding hydrogens is 408 g/mol. The van der Waals surface area contributed by atoms with Gasteiger partial charge in [-0.2, -0.15) is 5.10 Å². The van der Waals surface area contributed by atoms with Crippen LogP contribution in [0.4, 0.5) is 4.79 Å². The van der Waals surface area contributed by atoms with E-state index in [0.717, 1.165) is 5.39 Å². The standard InChI is InChI=1S/C19H20N6O4S/c1-4-28-18(26)14-12(23-19(27)24-15(14)13-6-5-10(2)29-13)8-30-17-11-7-22-25(3)16(11)20-9-21-17/h5-7,9,15H,4,8H2,1-3H3,(H2,23,24,27)/t15-/m0/s1. The zero-order chi connectivity index (χ0) is 21.3. The second-order valence-corrected chi connectivity index (χ2v) is 7.53. The lowest BCUT2D eigenvalue weighted by molar-refractivity contribution is -0.139. The summed E-state index contributed by atoms with van der Waals surface area (Å²) in [6.07, 6.45) is 3.15. The zero-order valence-electron chi connectivity index (χ0n) is 16.6. The summed E-state index contributed by atoms with van der Waals surface area (Å²) >= 11 is 1.37. The summed E-state index contributed by atoms with van der Waals surface area (Å²) in [4.78, 5) is 33.6. The smallest absolute Gasteiger partial charge is 0.338 e. The van der Waals surface area contributed by atoms with Crippen LogP contribution in [0.1, 0.15) is 24.5 Å². The van der Waals surface area contributed by atoms with Crippen LogP contribution >= 0.6 is 11.8 Å². The van der Waals surface area contributed by atoms with Crippen LogP contribution in [0.3, 0.4) is 0 Å². The SMILES string of the molecule is CCOC(=O)C1=C(CSc2ncnc3c2cnn3C)NC(=O)N[C@H]1c1ccc(C)o1. The second-order valence-electron chi connectivity index (χ2n) is 6.57. The molecule has 156 valence electrons. The lowest BCUT2D eigenvalue weighted by Crippen LogP contribution is -2.46. The Kier molecular flexibility index (Phi) is 5.44. The number of esters is 1. The van der Waals surface area contributed by atoms with Gasteiger partial charge in [0, 0.05) is 18.5 Å². The number of thioether (sulfide) groups is 1. The average molecular weight is 428 g/mol. The number of amides is 2. The van der Waals surface area contributed by atoms with Crippen molar-refractivity contribution in [1.29, 1.82) is 0 Å². The van der Waals surface area contributed by atoms with Crippen LogP contribution in [0.5, 0.6) is 0 Å². The molecule has 1 aliphatic rings. The Morgan fingerprint density at radius 2 is 2.20 bits per heavy atom. The summed E-state index contributed by atoms with van der Waals surface area (Å²) in [6, 6.07) is 2.35. The fraction of sp³-hybridized carbons (Fsp3) is 0.316. The van der Waals surface area contributed by atoms with E-state index in [1.165, 1.54) is 18.1 Å². The maximum Gasteiger partial charge on any atom is 0.338 e. The normalized spacial score (nSPS) is 16.5. The first-order chi connectivity index (χ1) is 14.5. The Balaban J connectivity index is 1.70. The minimum Gasteiger partial charge on any atom is -0.464 e. The highest BCUT2D eigenvalue weighted by Crippen LogP contribution is 2.32. The average Bonchev–Trinajstić information content (AvgIpc) is 3.32. The molecule has 0 aromatic carbocycles. The van der Waals surface area contributed by atoms with Gasteiger partial charge in [-0.25, -0.2) is 19.6 Å². The highest BCUT2D eigenvalue weighted by Gasteiger charge is 2.35. The third-order valence-electron chi connectivity index (χ3n) is 4.54. The molecule has 2 N–H and O–H groups in total. The van der Waals surface area contributed by atoms with Crippen molar-refractivity contribution in [3.05, 3.63) is 47.4 Å². The molecule has 1 atom stereocenters. The molecule has 0 fully saturated rings. The third kappa shape index (κ3) is 3.75. The van der Waals surface area contributed by atoms with Crippen molar-refractivity contribution >= 4 is 34.8 Å². The van der Waals surface area contributed by atoms with Crippen LogP contribution in [0.15, 0.2) is 45.4 Å². The zero-order valence-corrected chi connectivity index (χ0v) is 17.4. The minimum atomic E-state index is -0.745. The van der Waals surface area contributed by atoms with Gasteiger partial charge < -0.3 is 19.8 Å². The summed E-state index contributed by atoms with van der Waals surface area (Å²) in [6.45, 7) is 3.74. The molecule has 0 radical (unpaired) electrons. The number of hydrogen-bond acceptors (Lipinski definition) is 8. The fourth-order valence-corrected chi connectivity index (χ4v) is 4.13. The number of carbonyl (C=O) groups excluding carboxylic acids is 2. The van der Waals surface area contributed by atoms with E-state index >= 15 is 0 Å². The summed E-state index contributed by atoms with van der Waals surface area (Å²) in [5.41, 5.74) is 1.44. The highest BCUT2D eigenvalue weighted by atomic mass is 32.2. The first kappa shape index (κ1) is 20.0. The number of rotatable bonds is 6. The first-order valence-corrected chi connectivity index (χ1v) is 10.3. The van der Waals surface area contributed by atoms with Crippen molar-refractivity contribution in [1.82, 2.24) is 30.4 Å². The fourth-order valence-electron chi connectivity index (χ4n) is 3.20. The van der Waals surface area contributed by atoms with Crippen molar-refractivity contribution < 1.29 is 18.7 Å². The van der Waals surface area contributed by atoms with Crippen molar-refractivity contribution in [2.24, 2.45) is 7.05 Å². The number of ether oxygens (including phenoxy) is 1. The van der Waals surface area contributed by atoms with Gasteiger partial charge in [0.25, 0.3) is 0 Å². The third-order valence-corrected chi connectivity index (χ3v) is 5.57. The Hall–Kier alpha value is -3.34. The summed E-state index contributed by atoms with van der Waals surface area (Å²) in [5.74, 6) is 0.911. The molecule has 10 nitrogen and oxygen atoms in total. The summed E-state index contributed by atoms with van der Waals surface area (Å²) in [5, 5.41) is 11.2. The molecule has 0 spiro atoms. The molecule has 4 heterocycles. The Labute approximate surface area is 176 Å². The number of nitrogens with zero attached hydrogens (tertiary/aromatic N) is 4. The summed E-state index contributed by atoms with van der Waals surface area (Å²) in [7, 11) is 1.80. The van der Waals surface area contributed by atoms with Crippen LogP contribution in [0, 0.1) is 6.92 Å². The number of furan rings is 1. The molecule has 2 amide bonds. The summed E-state index contributed by atoms with van der Waals surface area (Å²) < 4.78 is 12.6. The van der Waals surface area contributed by atoms with Crippen LogP contribution in [0.25, 0.3) is 11.0 Å². The molecule has 1 aliphatic heterocycles. The first-order valence-electron chi connectivity index (χ1n) is 9.27. The molecule has 3 aromatic rings. The number of aryl methyl sites for hydroxylation is 2. The Bertz CT molecular complexity index is 1150. The lowest BCUT2D eigenvalue weighted by atomic mass is 10.0. The molecule has 3 aromatic heterocycles. The maximum atomic E-state index is 12.8. The minimum absolute atomic E-state index is 0.211. The monoisotopic (exact) mass is 428 g/mol. The van der Waals surface area contributed by atoms with E-state index in [1.807, 2.05) is 0 Å². The number of urea groups is 1. The second kappa shape index (κ2) is 8.19. The predicted molar refractivity (Wildman–Crippen MR) is 109 cm³/mol. The molecule has 30 heavy (non-hydrogen) atoms. The van der Waals surface area contributed by atoms with Gasteiger partial charge in [0.15, 0.2) is 5.65 Å². The van der Waals surface area contributed by atoms with Gasteiger partial charge in [-0.05, 0) is 26.0 Å². The van der Waals surface area contributed by atoms with Gasteiger partial charge >= 0.3 is 12.0 Å². The van der Waals surface area contributed by atoms with Gasteiger partial charge in [-0.3, -0.25) is 4.68 Å². The molecular formula is C19H20N6O4S. The van der Waals surface area contributed by atoms with Crippen LogP contribution in [0.2, 0.25) is 0 Å². The van der Waals surface area contributed by atoms with Crippen LogP contribution < -0.4 is 10.6 Å². The number of aromatic nitrogens is 4. The van der Waals surface area contributed by atoms with Crippen molar-refractivity contribution in [3.63, 3.8) is 0 Å². The van der Waals surface area contributed by atoms with Gasteiger partial charge in [-0.1, -0.05) is 11.8 Å². The van der Waals surface area contributed by atoms with E-state index in [-0.39, 0.29) is 6.61 Å². The highest BCUT2D eigenvalue weighted by molar-refractivity contribution is 7.99. The molecule has 0 saturated carbocycles. The van der Waals surface area contributed by atoms with Crippen LogP contribution in [-0.2, 0) is 16.6 Å². The maximum absolute atomic E-state index is 12.8. The topological polar surface area (TPSA) is 124 Å². The molecule has 0 bridgehead atoms. The van der Waals surface area contributed by atoms with Crippen molar-refractivity contribution in [2.45, 2.75) is 24.9 Å². The number of hydrogen-bond donors (Lipinski definition) is 2. The van der Waals surface area contributed by atoms with E-state index in [1.54, 1.807) is 43.9 Å². The Morgan fingerprint density at radius 3 is 2.93 bits per heavy atom. The molecule has 0 aliphatic carbocycles. The van der Waals surface area contributed by atoms with Gasteiger partial charge in [0.2, 0.25) is 0 Å². The number of nitrogens with one attached hydrogen (secondary N) is 2. The van der Waals surface area contributed by atoms with Crippen molar-refractivity contribution in [3.8, 4) is 0 Å². The van der Waals surface area contributed by atoms with Crippen molar-refractivity contribution in [2.75, 3.05) is 12.4 Å². The predicted octanol–water partition coefficient (Wildman–Crippen LogP) is 2.23. The van der Waals surface area contributed by atoms with E-state index in [2.05, 4.69) is 25.7 Å².